The van der Waals surface area contributed by atoms with E-state index < -0.39 is 39.8 Å². The van der Waals surface area contributed by atoms with Gasteiger partial charge in [-0.3, -0.25) is 18.7 Å². The average Bonchev–Trinajstić information content (AvgIpc) is 2.75. The Morgan fingerprint density at radius 1 is 1.09 bits per heavy atom. The number of amides is 1. The Balaban J connectivity index is 2.18. The van der Waals surface area contributed by atoms with Gasteiger partial charge >= 0.3 is 11.7 Å². The maximum absolute atomic E-state index is 12.7. The fourth-order valence-electron chi connectivity index (χ4n) is 2.77. The highest BCUT2D eigenvalue weighted by atomic mass is 35.5. The number of esters is 1. The molecular weight excluding hydrogens is 464 g/mol. The molecule has 0 unspecified atom stereocenters. The molecule has 0 saturated heterocycles. The molecule has 1 amide bonds. The quantitative estimate of drug-likeness (QED) is 0.538. The van der Waals surface area contributed by atoms with Gasteiger partial charge in [0.25, 0.3) is 11.5 Å². The molecule has 0 aliphatic heterocycles. The molecule has 0 atom stereocenters. The highest BCUT2D eigenvalue weighted by molar-refractivity contribution is 7.89. The highest BCUT2D eigenvalue weighted by Crippen LogP contribution is 2.23. The number of carbonyl (C=O) groups is 2. The molecule has 0 fully saturated rings. The minimum Gasteiger partial charge on any atom is -0.452 e. The molecule has 174 valence electrons. The molecule has 0 aliphatic rings. The number of halogens is 1. The molecule has 2 aromatic rings. The summed E-state index contributed by atoms with van der Waals surface area (Å²) in [4.78, 5) is 48.1. The van der Waals surface area contributed by atoms with Gasteiger partial charge in [-0.15, -0.1) is 0 Å². The first-order valence-corrected chi connectivity index (χ1v) is 11.3. The molecule has 0 spiro atoms. The number of hydrogen-bond donors (Lipinski definition) is 1. The number of rotatable bonds is 8. The van der Waals surface area contributed by atoms with E-state index in [1.165, 1.54) is 30.5 Å². The molecule has 1 aromatic carbocycles. The van der Waals surface area contributed by atoms with E-state index in [9.17, 15) is 27.6 Å². The number of aromatic nitrogens is 2. The Bertz CT molecular complexity index is 1260. The van der Waals surface area contributed by atoms with Crippen LogP contribution < -0.4 is 16.6 Å². The van der Waals surface area contributed by atoms with E-state index in [-0.39, 0.29) is 34.4 Å². The zero-order chi connectivity index (χ0) is 24.2. The molecule has 2 rings (SSSR count). The third kappa shape index (κ3) is 5.26. The van der Waals surface area contributed by atoms with Crippen molar-refractivity contribution in [2.24, 2.45) is 14.1 Å². The third-order valence-corrected chi connectivity index (χ3v) is 7.00. The van der Waals surface area contributed by atoms with Crippen LogP contribution in [0.2, 0.25) is 5.02 Å². The van der Waals surface area contributed by atoms with Crippen molar-refractivity contribution in [1.82, 2.24) is 13.4 Å². The van der Waals surface area contributed by atoms with Gasteiger partial charge in [-0.2, -0.15) is 4.31 Å². The number of nitrogens with one attached hydrogen (secondary N) is 1. The topological polar surface area (TPSA) is 137 Å². The predicted octanol–water partition coefficient (Wildman–Crippen LogP) is 0.563. The fraction of sp³-hybridized carbons (Fsp3) is 0.368. The molecule has 0 saturated carbocycles. The van der Waals surface area contributed by atoms with Crippen molar-refractivity contribution in [2.75, 3.05) is 25.0 Å². The molecule has 11 nitrogen and oxygen atoms in total. The van der Waals surface area contributed by atoms with Crippen LogP contribution in [0.15, 0.2) is 38.8 Å². The highest BCUT2D eigenvalue weighted by Gasteiger charge is 2.24. The van der Waals surface area contributed by atoms with Crippen molar-refractivity contribution in [3.63, 3.8) is 0 Å². The summed E-state index contributed by atoms with van der Waals surface area (Å²) in [6.07, 6.45) is 0. The maximum atomic E-state index is 12.7. The van der Waals surface area contributed by atoms with Crippen molar-refractivity contribution in [1.29, 1.82) is 0 Å². The van der Waals surface area contributed by atoms with Crippen molar-refractivity contribution in [2.45, 2.75) is 18.7 Å². The van der Waals surface area contributed by atoms with Crippen LogP contribution in [0.5, 0.6) is 0 Å². The molecule has 1 heterocycles. The predicted molar refractivity (Wildman–Crippen MR) is 117 cm³/mol. The number of carbonyl (C=O) groups excluding carboxylic acids is 2. The van der Waals surface area contributed by atoms with Gasteiger partial charge in [0.15, 0.2) is 6.61 Å². The summed E-state index contributed by atoms with van der Waals surface area (Å²) in [5, 5.41) is 2.25. The lowest BCUT2D eigenvalue weighted by Gasteiger charge is -2.19. The second kappa shape index (κ2) is 10.1. The van der Waals surface area contributed by atoms with Crippen molar-refractivity contribution in [3.05, 3.63) is 55.7 Å². The van der Waals surface area contributed by atoms with Gasteiger partial charge < -0.3 is 10.1 Å². The van der Waals surface area contributed by atoms with E-state index in [0.717, 1.165) is 21.3 Å². The summed E-state index contributed by atoms with van der Waals surface area (Å²) in [7, 11) is -1.20. The first-order valence-electron chi connectivity index (χ1n) is 9.47. The summed E-state index contributed by atoms with van der Waals surface area (Å²) in [6.45, 7) is 3.09. The monoisotopic (exact) mass is 486 g/mol. The normalized spacial score (nSPS) is 11.4. The zero-order valence-electron chi connectivity index (χ0n) is 17.9. The van der Waals surface area contributed by atoms with E-state index >= 15 is 0 Å². The van der Waals surface area contributed by atoms with Crippen LogP contribution in [-0.2, 0) is 33.7 Å². The van der Waals surface area contributed by atoms with E-state index in [1.54, 1.807) is 13.8 Å². The van der Waals surface area contributed by atoms with E-state index in [0.29, 0.717) is 0 Å². The van der Waals surface area contributed by atoms with Crippen LogP contribution in [0.3, 0.4) is 0 Å². The van der Waals surface area contributed by atoms with Crippen LogP contribution in [0.25, 0.3) is 0 Å². The Morgan fingerprint density at radius 3 is 2.31 bits per heavy atom. The molecule has 1 aromatic heterocycles. The first kappa shape index (κ1) is 25.3. The summed E-state index contributed by atoms with van der Waals surface area (Å²) in [5.74, 6) is -1.91. The minimum absolute atomic E-state index is 0.0529. The fourth-order valence-corrected chi connectivity index (χ4v) is 4.45. The standard InChI is InChI=1S/C19H23ClN4O7S/c1-5-24(6-2)32(29,30)12-7-8-14(20)13(9-12)18(27)31-11-16(25)21-15-10-17(26)23(4)19(28)22(15)3/h7-10H,5-6,11H2,1-4H3,(H,21,25). The Labute approximate surface area is 189 Å². The first-order chi connectivity index (χ1) is 14.9. The van der Waals surface area contributed by atoms with Crippen LogP contribution >= 0.6 is 11.6 Å². The molecule has 13 heteroatoms. The Hall–Kier alpha value is -2.96. The lowest BCUT2D eigenvalue weighted by atomic mass is 10.2. The van der Waals surface area contributed by atoms with Gasteiger partial charge in [-0.05, 0) is 18.2 Å². The van der Waals surface area contributed by atoms with Gasteiger partial charge in [0.1, 0.15) is 5.82 Å². The zero-order valence-corrected chi connectivity index (χ0v) is 19.5. The molecular formula is C19H23ClN4O7S. The Kier molecular flexibility index (Phi) is 7.99. The number of nitrogens with zero attached hydrogens (tertiary/aromatic N) is 3. The average molecular weight is 487 g/mol. The lowest BCUT2D eigenvalue weighted by molar-refractivity contribution is -0.119. The summed E-state index contributed by atoms with van der Waals surface area (Å²) < 4.78 is 33.4. The van der Waals surface area contributed by atoms with Gasteiger partial charge in [0.05, 0.1) is 15.5 Å². The molecule has 0 bridgehead atoms. The van der Waals surface area contributed by atoms with E-state index in [2.05, 4.69) is 5.32 Å². The smallest absolute Gasteiger partial charge is 0.340 e. The van der Waals surface area contributed by atoms with E-state index in [1.807, 2.05) is 0 Å². The van der Waals surface area contributed by atoms with Gasteiger partial charge in [-0.25, -0.2) is 18.0 Å². The van der Waals surface area contributed by atoms with Crippen molar-refractivity contribution >= 4 is 39.3 Å². The SMILES string of the molecule is CCN(CC)S(=O)(=O)c1ccc(Cl)c(C(=O)OCC(=O)Nc2cc(=O)n(C)c(=O)n2C)c1. The molecule has 32 heavy (non-hydrogen) atoms. The number of ether oxygens (including phenoxy) is 1. The van der Waals surface area contributed by atoms with E-state index in [4.69, 9.17) is 16.3 Å². The largest absolute Gasteiger partial charge is 0.452 e. The van der Waals surface area contributed by atoms with Gasteiger partial charge in [-0.1, -0.05) is 25.4 Å². The van der Waals surface area contributed by atoms with Gasteiger partial charge in [0, 0.05) is 33.3 Å². The maximum Gasteiger partial charge on any atom is 0.340 e. The number of anilines is 1. The van der Waals surface area contributed by atoms with Crippen LogP contribution in [0, 0.1) is 0 Å². The molecule has 0 radical (unpaired) electrons. The number of hydrogen-bond acceptors (Lipinski definition) is 7. The van der Waals surface area contributed by atoms with Crippen LogP contribution in [0.1, 0.15) is 24.2 Å². The lowest BCUT2D eigenvalue weighted by Crippen LogP contribution is -2.38. The number of benzene rings is 1. The van der Waals surface area contributed by atoms with Crippen molar-refractivity contribution in [3.8, 4) is 0 Å². The third-order valence-electron chi connectivity index (χ3n) is 4.63. The van der Waals surface area contributed by atoms with Crippen molar-refractivity contribution < 1.29 is 22.7 Å². The summed E-state index contributed by atoms with van der Waals surface area (Å²) in [6, 6.07) is 4.65. The minimum atomic E-state index is -3.84. The number of sulfonamides is 1. The summed E-state index contributed by atoms with van der Waals surface area (Å²) >= 11 is 6.02. The second-order valence-electron chi connectivity index (χ2n) is 6.62. The molecule has 0 aliphatic carbocycles. The summed E-state index contributed by atoms with van der Waals surface area (Å²) in [5.41, 5.74) is -1.50. The van der Waals surface area contributed by atoms with Gasteiger partial charge in [0.2, 0.25) is 10.0 Å². The van der Waals surface area contributed by atoms with Crippen LogP contribution in [-0.4, -0.2) is 53.4 Å². The Morgan fingerprint density at radius 2 is 1.72 bits per heavy atom. The second-order valence-corrected chi connectivity index (χ2v) is 8.97. The van der Waals surface area contributed by atoms with Crippen LogP contribution in [0.4, 0.5) is 5.82 Å². The molecule has 1 N–H and O–H groups in total.